The molecule has 3 atom stereocenters. The Hall–Kier alpha value is -3.35. The average molecular weight is 371 g/mol. The fourth-order valence-electron chi connectivity index (χ4n) is 4.66. The largest absolute Gasteiger partial charge is 0.337 e. The molecule has 28 heavy (non-hydrogen) atoms. The van der Waals surface area contributed by atoms with Gasteiger partial charge in [-0.05, 0) is 47.9 Å². The second kappa shape index (κ2) is 5.58. The summed E-state index contributed by atoms with van der Waals surface area (Å²) in [6.45, 7) is 2.09. The van der Waals surface area contributed by atoms with E-state index in [1.165, 1.54) is 22.0 Å². The number of rotatable bonds is 3. The Morgan fingerprint density at radius 2 is 2.07 bits per heavy atom. The SMILES string of the molecule is Cc1ccnc2ncn(Cc3nc([C@H]4[C@@H]5Cc6ccccc6[C@@H]54)no3)c(=O)c12. The Morgan fingerprint density at radius 3 is 3.00 bits per heavy atom. The van der Waals surface area contributed by atoms with Crippen molar-refractivity contribution in [3.8, 4) is 0 Å². The van der Waals surface area contributed by atoms with Crippen LogP contribution in [0.5, 0.6) is 0 Å². The Labute approximate surface area is 160 Å². The first-order chi connectivity index (χ1) is 13.7. The highest BCUT2D eigenvalue weighted by molar-refractivity contribution is 5.76. The third-order valence-corrected chi connectivity index (χ3v) is 6.06. The van der Waals surface area contributed by atoms with Crippen LogP contribution in [-0.4, -0.2) is 24.7 Å². The van der Waals surface area contributed by atoms with Gasteiger partial charge in [-0.15, -0.1) is 0 Å². The van der Waals surface area contributed by atoms with E-state index in [1.807, 2.05) is 13.0 Å². The molecular weight excluding hydrogens is 354 g/mol. The van der Waals surface area contributed by atoms with Gasteiger partial charge in [0.1, 0.15) is 12.9 Å². The topological polar surface area (TPSA) is 86.7 Å². The van der Waals surface area contributed by atoms with Crippen LogP contribution in [0.4, 0.5) is 0 Å². The Bertz CT molecular complexity index is 1290. The zero-order chi connectivity index (χ0) is 18.8. The van der Waals surface area contributed by atoms with E-state index >= 15 is 0 Å². The van der Waals surface area contributed by atoms with Crippen molar-refractivity contribution in [1.82, 2.24) is 24.7 Å². The van der Waals surface area contributed by atoms with Crippen LogP contribution in [-0.2, 0) is 13.0 Å². The lowest BCUT2D eigenvalue weighted by atomic mass is 10.0. The lowest BCUT2D eigenvalue weighted by Gasteiger charge is -2.05. The minimum atomic E-state index is -0.146. The maximum absolute atomic E-state index is 12.8. The van der Waals surface area contributed by atoms with Gasteiger partial charge in [-0.3, -0.25) is 9.36 Å². The van der Waals surface area contributed by atoms with Gasteiger partial charge in [0, 0.05) is 12.1 Å². The molecule has 0 radical (unpaired) electrons. The molecule has 0 unspecified atom stereocenters. The predicted molar refractivity (Wildman–Crippen MR) is 101 cm³/mol. The summed E-state index contributed by atoms with van der Waals surface area (Å²) < 4.78 is 6.95. The van der Waals surface area contributed by atoms with E-state index in [0.29, 0.717) is 34.7 Å². The summed E-state index contributed by atoms with van der Waals surface area (Å²) >= 11 is 0. The van der Waals surface area contributed by atoms with E-state index in [4.69, 9.17) is 4.52 Å². The molecule has 0 spiro atoms. The molecule has 1 aromatic carbocycles. The molecule has 1 saturated carbocycles. The minimum absolute atomic E-state index is 0.146. The monoisotopic (exact) mass is 371 g/mol. The molecule has 2 aliphatic rings. The summed E-state index contributed by atoms with van der Waals surface area (Å²) in [7, 11) is 0. The van der Waals surface area contributed by atoms with Crippen LogP contribution in [0.3, 0.4) is 0 Å². The molecule has 7 heteroatoms. The molecule has 2 aliphatic carbocycles. The molecule has 6 rings (SSSR count). The molecule has 0 saturated heterocycles. The summed E-state index contributed by atoms with van der Waals surface area (Å²) in [4.78, 5) is 25.8. The van der Waals surface area contributed by atoms with Gasteiger partial charge in [-0.2, -0.15) is 4.98 Å². The average Bonchev–Trinajstić information content (AvgIpc) is 3.04. The number of pyridine rings is 1. The molecule has 7 nitrogen and oxygen atoms in total. The molecule has 3 heterocycles. The minimum Gasteiger partial charge on any atom is -0.337 e. The van der Waals surface area contributed by atoms with E-state index in [2.05, 4.69) is 44.4 Å². The summed E-state index contributed by atoms with van der Waals surface area (Å²) in [5, 5.41) is 4.73. The van der Waals surface area contributed by atoms with Gasteiger partial charge < -0.3 is 4.52 Å². The van der Waals surface area contributed by atoms with Gasteiger partial charge in [0.05, 0.1) is 5.39 Å². The predicted octanol–water partition coefficient (Wildman–Crippen LogP) is 2.58. The molecule has 4 aromatic rings. The first kappa shape index (κ1) is 15.7. The van der Waals surface area contributed by atoms with E-state index < -0.39 is 0 Å². The molecule has 0 bridgehead atoms. The number of hydrogen-bond donors (Lipinski definition) is 0. The maximum Gasteiger partial charge on any atom is 0.263 e. The highest BCUT2D eigenvalue weighted by Gasteiger charge is 2.58. The highest BCUT2D eigenvalue weighted by atomic mass is 16.5. The second-order valence-corrected chi connectivity index (χ2v) is 7.67. The van der Waals surface area contributed by atoms with Crippen molar-refractivity contribution in [2.75, 3.05) is 0 Å². The normalized spacial score (nSPS) is 22.2. The van der Waals surface area contributed by atoms with Crippen LogP contribution in [0.25, 0.3) is 11.0 Å². The lowest BCUT2D eigenvalue weighted by molar-refractivity contribution is 0.364. The van der Waals surface area contributed by atoms with E-state index in [1.54, 1.807) is 6.20 Å². The van der Waals surface area contributed by atoms with Crippen LogP contribution in [0.15, 0.2) is 52.2 Å². The maximum atomic E-state index is 12.8. The summed E-state index contributed by atoms with van der Waals surface area (Å²) in [6, 6.07) is 10.4. The zero-order valence-electron chi connectivity index (χ0n) is 15.2. The number of aromatic nitrogens is 5. The quantitative estimate of drug-likeness (QED) is 0.550. The number of nitrogens with zero attached hydrogens (tertiary/aromatic N) is 5. The fourth-order valence-corrected chi connectivity index (χ4v) is 4.66. The van der Waals surface area contributed by atoms with Crippen molar-refractivity contribution in [3.05, 3.63) is 81.6 Å². The zero-order valence-corrected chi connectivity index (χ0v) is 15.2. The summed E-state index contributed by atoms with van der Waals surface area (Å²) in [6.07, 6.45) is 4.22. The Kier molecular flexibility index (Phi) is 3.12. The van der Waals surface area contributed by atoms with Crippen molar-refractivity contribution < 1.29 is 4.52 Å². The highest BCUT2D eigenvalue weighted by Crippen LogP contribution is 2.65. The van der Waals surface area contributed by atoms with Crippen molar-refractivity contribution in [3.63, 3.8) is 0 Å². The molecule has 0 amide bonds. The van der Waals surface area contributed by atoms with Crippen LogP contribution in [0, 0.1) is 12.8 Å². The van der Waals surface area contributed by atoms with Gasteiger partial charge in [0.2, 0.25) is 5.89 Å². The number of fused-ring (bicyclic) bond motifs is 4. The van der Waals surface area contributed by atoms with Crippen LogP contribution < -0.4 is 5.56 Å². The van der Waals surface area contributed by atoms with Gasteiger partial charge in [0.15, 0.2) is 11.5 Å². The Morgan fingerprint density at radius 1 is 1.18 bits per heavy atom. The van der Waals surface area contributed by atoms with Crippen LogP contribution in [0.1, 0.15) is 40.2 Å². The molecule has 138 valence electrons. The molecular formula is C21H17N5O2. The van der Waals surface area contributed by atoms with Crippen molar-refractivity contribution in [2.45, 2.75) is 31.7 Å². The Balaban J connectivity index is 1.28. The van der Waals surface area contributed by atoms with Crippen LogP contribution >= 0.6 is 0 Å². The van der Waals surface area contributed by atoms with E-state index in [0.717, 1.165) is 17.8 Å². The van der Waals surface area contributed by atoms with Crippen molar-refractivity contribution >= 4 is 11.0 Å². The van der Waals surface area contributed by atoms with Crippen molar-refractivity contribution in [2.24, 2.45) is 5.92 Å². The molecule has 3 aromatic heterocycles. The van der Waals surface area contributed by atoms with Crippen molar-refractivity contribution in [1.29, 1.82) is 0 Å². The van der Waals surface area contributed by atoms with Crippen LogP contribution in [0.2, 0.25) is 0 Å². The standard InChI is InChI=1S/C21H17N5O2/c1-11-6-7-22-19-16(11)21(27)26(10-23-19)9-15-24-20(25-28-15)18-14-8-12-4-2-3-5-13(12)17(14)18/h2-7,10,14,17-18H,8-9H2,1H3/t14-,17+,18+/m1/s1. The second-order valence-electron chi connectivity index (χ2n) is 7.67. The summed E-state index contributed by atoms with van der Waals surface area (Å²) in [5.41, 5.74) is 4.02. The number of benzene rings is 1. The summed E-state index contributed by atoms with van der Waals surface area (Å²) in [5.74, 6) is 2.57. The first-order valence-corrected chi connectivity index (χ1v) is 9.42. The van der Waals surface area contributed by atoms with E-state index in [-0.39, 0.29) is 12.1 Å². The molecule has 0 aliphatic heterocycles. The van der Waals surface area contributed by atoms with Gasteiger partial charge in [-0.25, -0.2) is 9.97 Å². The van der Waals surface area contributed by atoms with Gasteiger partial charge in [0.25, 0.3) is 5.56 Å². The smallest absolute Gasteiger partial charge is 0.263 e. The fraction of sp³-hybridized carbons (Fsp3) is 0.286. The van der Waals surface area contributed by atoms with E-state index in [9.17, 15) is 4.79 Å². The van der Waals surface area contributed by atoms with Gasteiger partial charge >= 0.3 is 0 Å². The molecule has 0 N–H and O–H groups in total. The first-order valence-electron chi connectivity index (χ1n) is 9.42. The number of aryl methyl sites for hydroxylation is 1. The third kappa shape index (κ3) is 2.19. The van der Waals surface area contributed by atoms with Gasteiger partial charge in [-0.1, -0.05) is 29.4 Å². The number of hydrogen-bond acceptors (Lipinski definition) is 6. The molecule has 1 fully saturated rings. The third-order valence-electron chi connectivity index (χ3n) is 6.06. The lowest BCUT2D eigenvalue weighted by Crippen LogP contribution is -2.22.